The van der Waals surface area contributed by atoms with Gasteiger partial charge in [-0.1, -0.05) is 17.2 Å². The minimum atomic E-state index is -4.51. The Morgan fingerprint density at radius 3 is 2.08 bits per heavy atom. The summed E-state index contributed by atoms with van der Waals surface area (Å²) in [6, 6.07) is 4.47. The van der Waals surface area contributed by atoms with Gasteiger partial charge in [-0.15, -0.1) is 0 Å². The van der Waals surface area contributed by atoms with E-state index in [0.29, 0.717) is 0 Å². The van der Waals surface area contributed by atoms with Crippen LogP contribution in [-0.4, -0.2) is 11.8 Å². The molecule has 2 amide bonds. The molecular weight excluding hydrogens is 331 g/mol. The van der Waals surface area contributed by atoms with E-state index in [9.17, 15) is 22.8 Å². The molecule has 1 aliphatic heterocycles. The summed E-state index contributed by atoms with van der Waals surface area (Å²) < 4.78 is 38.9. The fourth-order valence-corrected chi connectivity index (χ4v) is 5.07. The highest BCUT2D eigenvalue weighted by Gasteiger charge is 2.63. The summed E-state index contributed by atoms with van der Waals surface area (Å²) in [7, 11) is 0. The van der Waals surface area contributed by atoms with E-state index in [2.05, 4.69) is 0 Å². The van der Waals surface area contributed by atoms with Crippen LogP contribution in [0.5, 0.6) is 0 Å². The van der Waals surface area contributed by atoms with Gasteiger partial charge in [-0.3, -0.25) is 14.5 Å². The van der Waals surface area contributed by atoms with E-state index < -0.39 is 23.6 Å². The zero-order valence-corrected chi connectivity index (χ0v) is 13.9. The first-order chi connectivity index (χ1) is 11.7. The van der Waals surface area contributed by atoms with Crippen molar-refractivity contribution >= 4 is 17.5 Å². The second kappa shape index (κ2) is 5.19. The Kier molecular flexibility index (Phi) is 3.40. The minimum Gasteiger partial charge on any atom is -0.274 e. The lowest BCUT2D eigenvalue weighted by molar-refractivity contribution is -0.137. The molecule has 0 radical (unpaired) electrons. The molecule has 1 aromatic carbocycles. The van der Waals surface area contributed by atoms with Crippen LogP contribution in [0.25, 0.3) is 0 Å². The maximum Gasteiger partial charge on any atom is 0.416 e. The zero-order chi connectivity index (χ0) is 18.1. The largest absolute Gasteiger partial charge is 0.416 e. The molecule has 3 aliphatic rings. The smallest absolute Gasteiger partial charge is 0.274 e. The standard InChI is InChI=1S/C19H18F3NO2/c1-9(2)14-12-6-7-13(14)16-15(12)17(24)23(18(16)25)11-5-3-4-10(8-11)19(20,21)22/h3-5,8,12-13,15-16H,6-7H2,1-2H3/t12-,13-,15+,16+/m0/s1. The quantitative estimate of drug-likeness (QED) is 0.563. The Morgan fingerprint density at radius 1 is 1.04 bits per heavy atom. The first-order valence-electron chi connectivity index (χ1n) is 8.44. The van der Waals surface area contributed by atoms with Crippen molar-refractivity contribution in [1.82, 2.24) is 0 Å². The molecule has 0 unspecified atom stereocenters. The van der Waals surface area contributed by atoms with Crippen LogP contribution < -0.4 is 4.90 Å². The molecule has 25 heavy (non-hydrogen) atoms. The Hall–Kier alpha value is -2.11. The van der Waals surface area contributed by atoms with E-state index >= 15 is 0 Å². The number of amides is 2. The number of carbonyl (C=O) groups is 2. The highest BCUT2D eigenvalue weighted by atomic mass is 19.4. The van der Waals surface area contributed by atoms with Crippen LogP contribution in [0.2, 0.25) is 0 Å². The maximum absolute atomic E-state index is 13.0. The lowest BCUT2D eigenvalue weighted by Crippen LogP contribution is -2.33. The summed E-state index contributed by atoms with van der Waals surface area (Å²) in [4.78, 5) is 26.8. The molecule has 3 fully saturated rings. The van der Waals surface area contributed by atoms with E-state index in [1.807, 2.05) is 13.8 Å². The fourth-order valence-electron chi connectivity index (χ4n) is 5.07. The highest BCUT2D eigenvalue weighted by Crippen LogP contribution is 2.60. The lowest BCUT2D eigenvalue weighted by Gasteiger charge is -2.20. The number of hydrogen-bond acceptors (Lipinski definition) is 2. The van der Waals surface area contributed by atoms with Gasteiger partial charge in [-0.25, -0.2) is 0 Å². The summed E-state index contributed by atoms with van der Waals surface area (Å²) in [6.07, 6.45) is -2.75. The molecule has 1 saturated heterocycles. The third-order valence-electron chi connectivity index (χ3n) is 5.86. The number of anilines is 1. The predicted molar refractivity (Wildman–Crippen MR) is 85.5 cm³/mol. The first-order valence-corrected chi connectivity index (χ1v) is 8.44. The number of imide groups is 1. The average Bonchev–Trinajstić information content (AvgIpc) is 3.17. The van der Waals surface area contributed by atoms with Gasteiger partial charge in [-0.2, -0.15) is 13.2 Å². The van der Waals surface area contributed by atoms with E-state index in [1.165, 1.54) is 17.7 Å². The highest BCUT2D eigenvalue weighted by molar-refractivity contribution is 6.23. The summed E-state index contributed by atoms with van der Waals surface area (Å²) in [6.45, 7) is 4.00. The Balaban J connectivity index is 1.74. The third-order valence-corrected chi connectivity index (χ3v) is 5.86. The van der Waals surface area contributed by atoms with Crippen molar-refractivity contribution in [3.63, 3.8) is 0 Å². The van der Waals surface area contributed by atoms with Gasteiger partial charge in [0.25, 0.3) is 0 Å². The van der Waals surface area contributed by atoms with Gasteiger partial charge >= 0.3 is 6.18 Å². The van der Waals surface area contributed by atoms with Crippen LogP contribution in [0.4, 0.5) is 18.9 Å². The number of nitrogens with zero attached hydrogens (tertiary/aromatic N) is 1. The molecule has 6 heteroatoms. The number of hydrogen-bond donors (Lipinski definition) is 0. The fraction of sp³-hybridized carbons (Fsp3) is 0.474. The van der Waals surface area contributed by atoms with E-state index in [-0.39, 0.29) is 29.3 Å². The normalized spacial score (nSPS) is 31.1. The Bertz CT molecular complexity index is 775. The van der Waals surface area contributed by atoms with Crippen LogP contribution in [0.1, 0.15) is 32.3 Å². The summed E-state index contributed by atoms with van der Waals surface area (Å²) in [5, 5.41) is 0. The summed E-state index contributed by atoms with van der Waals surface area (Å²) in [5.74, 6) is -1.39. The summed E-state index contributed by atoms with van der Waals surface area (Å²) >= 11 is 0. The maximum atomic E-state index is 13.0. The van der Waals surface area contributed by atoms with Crippen LogP contribution >= 0.6 is 0 Å². The molecule has 0 spiro atoms. The topological polar surface area (TPSA) is 37.4 Å². The molecule has 1 heterocycles. The lowest BCUT2D eigenvalue weighted by atomic mass is 9.81. The van der Waals surface area contributed by atoms with Crippen molar-refractivity contribution in [1.29, 1.82) is 0 Å². The molecule has 2 bridgehead atoms. The van der Waals surface area contributed by atoms with Gasteiger partial charge in [-0.05, 0) is 56.7 Å². The van der Waals surface area contributed by atoms with Gasteiger partial charge in [0.1, 0.15) is 0 Å². The molecule has 2 saturated carbocycles. The van der Waals surface area contributed by atoms with E-state index in [4.69, 9.17) is 0 Å². The van der Waals surface area contributed by atoms with Crippen molar-refractivity contribution in [2.45, 2.75) is 32.9 Å². The molecule has 1 aromatic rings. The third kappa shape index (κ3) is 2.19. The van der Waals surface area contributed by atoms with Crippen LogP contribution in [0, 0.1) is 23.7 Å². The second-order valence-corrected chi connectivity index (χ2v) is 7.36. The Morgan fingerprint density at radius 2 is 1.60 bits per heavy atom. The van der Waals surface area contributed by atoms with Crippen molar-refractivity contribution in [2.75, 3.05) is 4.90 Å². The van der Waals surface area contributed by atoms with Crippen LogP contribution in [0.15, 0.2) is 35.4 Å². The van der Waals surface area contributed by atoms with Crippen molar-refractivity contribution in [3.05, 3.63) is 41.0 Å². The van der Waals surface area contributed by atoms with Gasteiger partial charge in [0.05, 0.1) is 23.1 Å². The molecule has 132 valence electrons. The van der Waals surface area contributed by atoms with E-state index in [1.54, 1.807) is 0 Å². The zero-order valence-electron chi connectivity index (χ0n) is 13.9. The van der Waals surface area contributed by atoms with Gasteiger partial charge < -0.3 is 0 Å². The first kappa shape index (κ1) is 16.4. The molecule has 3 nitrogen and oxygen atoms in total. The molecule has 0 aromatic heterocycles. The van der Waals surface area contributed by atoms with Crippen molar-refractivity contribution in [2.24, 2.45) is 23.7 Å². The number of benzene rings is 1. The molecule has 0 N–H and O–H groups in total. The number of alkyl halides is 3. The number of fused-ring (bicyclic) bond motifs is 5. The van der Waals surface area contributed by atoms with E-state index in [0.717, 1.165) is 35.4 Å². The minimum absolute atomic E-state index is 0.0253. The SMILES string of the molecule is CC(C)=C1[C@@H]2CC[C@@H]1[C@H]1C(=O)N(c3cccc(C(F)(F)F)c3)C(=O)[C@@H]12. The molecular formula is C19H18F3NO2. The Labute approximate surface area is 143 Å². The number of halogens is 3. The van der Waals surface area contributed by atoms with Crippen molar-refractivity contribution < 1.29 is 22.8 Å². The number of carbonyl (C=O) groups excluding carboxylic acids is 2. The number of allylic oxidation sites excluding steroid dienone is 2. The monoisotopic (exact) mass is 349 g/mol. The predicted octanol–water partition coefficient (Wildman–Crippen LogP) is 4.19. The molecule has 2 aliphatic carbocycles. The average molecular weight is 349 g/mol. The van der Waals surface area contributed by atoms with Crippen molar-refractivity contribution in [3.8, 4) is 0 Å². The van der Waals surface area contributed by atoms with Crippen LogP contribution in [-0.2, 0) is 15.8 Å². The summed E-state index contributed by atoms with van der Waals surface area (Å²) in [5.41, 5.74) is 1.56. The molecule has 4 rings (SSSR count). The van der Waals surface area contributed by atoms with Gasteiger partial charge in [0.15, 0.2) is 0 Å². The van der Waals surface area contributed by atoms with Crippen LogP contribution in [0.3, 0.4) is 0 Å². The number of rotatable bonds is 1. The second-order valence-electron chi connectivity index (χ2n) is 7.36. The van der Waals surface area contributed by atoms with Gasteiger partial charge in [0.2, 0.25) is 11.8 Å². The molecule has 4 atom stereocenters. The van der Waals surface area contributed by atoms with Gasteiger partial charge in [0, 0.05) is 0 Å².